The fourth-order valence-corrected chi connectivity index (χ4v) is 2.84. The summed E-state index contributed by atoms with van der Waals surface area (Å²) in [6, 6.07) is 8.83. The topological polar surface area (TPSA) is 20.3 Å². The predicted octanol–water partition coefficient (Wildman–Crippen LogP) is 4.11. The van der Waals surface area contributed by atoms with Crippen molar-refractivity contribution in [1.29, 1.82) is 0 Å². The maximum Gasteiger partial charge on any atom is 0.222 e. The normalized spacial score (nSPS) is 14.8. The van der Waals surface area contributed by atoms with Gasteiger partial charge in [0.05, 0.1) is 0 Å². The molecule has 1 fully saturated rings. The first-order chi connectivity index (χ1) is 9.75. The third kappa shape index (κ3) is 4.99. The summed E-state index contributed by atoms with van der Waals surface area (Å²) in [5.41, 5.74) is 2.76. The smallest absolute Gasteiger partial charge is 0.222 e. The second-order valence-corrected chi connectivity index (χ2v) is 5.99. The quantitative estimate of drug-likeness (QED) is 0.685. The molecular weight excluding hydrogens is 246 g/mol. The standard InChI is InChI=1S/C18H27NO/c1-16-10-12-17(13-11-16)8-4-2-3-5-9-18(20)19-14-6-7-15-19/h10-13H,2-9,14-15H2,1H3. The van der Waals surface area contributed by atoms with Crippen LogP contribution in [0.25, 0.3) is 0 Å². The minimum absolute atomic E-state index is 0.376. The number of likely N-dealkylation sites (tertiary alicyclic amines) is 1. The molecule has 2 nitrogen and oxygen atoms in total. The van der Waals surface area contributed by atoms with Gasteiger partial charge in [-0.1, -0.05) is 42.7 Å². The fourth-order valence-electron chi connectivity index (χ4n) is 2.84. The summed E-state index contributed by atoms with van der Waals surface area (Å²) in [6.07, 6.45) is 9.03. The van der Waals surface area contributed by atoms with E-state index in [1.807, 2.05) is 4.90 Å². The van der Waals surface area contributed by atoms with E-state index in [0.29, 0.717) is 5.91 Å². The number of aryl methyl sites for hydroxylation is 2. The number of hydrogen-bond donors (Lipinski definition) is 0. The molecule has 1 aliphatic rings. The van der Waals surface area contributed by atoms with Crippen molar-refractivity contribution in [2.24, 2.45) is 0 Å². The first-order valence-electron chi connectivity index (χ1n) is 8.09. The van der Waals surface area contributed by atoms with E-state index < -0.39 is 0 Å². The van der Waals surface area contributed by atoms with Crippen LogP contribution in [0, 0.1) is 6.92 Å². The molecule has 0 saturated carbocycles. The maximum atomic E-state index is 11.9. The van der Waals surface area contributed by atoms with E-state index in [-0.39, 0.29) is 0 Å². The van der Waals surface area contributed by atoms with E-state index in [0.717, 1.165) is 25.9 Å². The molecule has 1 aromatic rings. The van der Waals surface area contributed by atoms with Crippen LogP contribution in [-0.4, -0.2) is 23.9 Å². The molecular formula is C18H27NO. The van der Waals surface area contributed by atoms with Crippen molar-refractivity contribution >= 4 is 5.91 Å². The van der Waals surface area contributed by atoms with Crippen molar-refractivity contribution in [1.82, 2.24) is 4.90 Å². The number of carbonyl (C=O) groups excluding carboxylic acids is 1. The molecule has 1 aromatic carbocycles. The highest BCUT2D eigenvalue weighted by Gasteiger charge is 2.16. The number of nitrogens with zero attached hydrogens (tertiary/aromatic N) is 1. The molecule has 1 saturated heterocycles. The van der Waals surface area contributed by atoms with Gasteiger partial charge in [0.2, 0.25) is 5.91 Å². The van der Waals surface area contributed by atoms with Gasteiger partial charge in [-0.05, 0) is 44.6 Å². The molecule has 0 aliphatic carbocycles. The Hall–Kier alpha value is -1.31. The second kappa shape index (κ2) is 8.08. The summed E-state index contributed by atoms with van der Waals surface area (Å²) >= 11 is 0. The predicted molar refractivity (Wildman–Crippen MR) is 83.8 cm³/mol. The van der Waals surface area contributed by atoms with Crippen LogP contribution in [-0.2, 0) is 11.2 Å². The van der Waals surface area contributed by atoms with Gasteiger partial charge in [0.25, 0.3) is 0 Å². The number of amides is 1. The summed E-state index contributed by atoms with van der Waals surface area (Å²) in [7, 11) is 0. The molecule has 0 atom stereocenters. The summed E-state index contributed by atoms with van der Waals surface area (Å²) in [6.45, 7) is 4.11. The van der Waals surface area contributed by atoms with Gasteiger partial charge in [-0.25, -0.2) is 0 Å². The van der Waals surface area contributed by atoms with E-state index in [2.05, 4.69) is 31.2 Å². The molecule has 2 heteroatoms. The van der Waals surface area contributed by atoms with Crippen LogP contribution in [0.5, 0.6) is 0 Å². The van der Waals surface area contributed by atoms with Gasteiger partial charge < -0.3 is 4.90 Å². The Kier molecular flexibility index (Phi) is 6.10. The Morgan fingerprint density at radius 2 is 1.65 bits per heavy atom. The second-order valence-electron chi connectivity index (χ2n) is 5.99. The molecule has 20 heavy (non-hydrogen) atoms. The molecule has 0 radical (unpaired) electrons. The summed E-state index contributed by atoms with van der Waals surface area (Å²) in [5.74, 6) is 0.376. The molecule has 1 amide bonds. The maximum absolute atomic E-state index is 11.9. The molecule has 1 aliphatic heterocycles. The van der Waals surface area contributed by atoms with Gasteiger partial charge >= 0.3 is 0 Å². The highest BCUT2D eigenvalue weighted by Crippen LogP contribution is 2.13. The average molecular weight is 273 g/mol. The molecule has 0 N–H and O–H groups in total. The zero-order chi connectivity index (χ0) is 14.2. The Morgan fingerprint density at radius 1 is 1.00 bits per heavy atom. The largest absolute Gasteiger partial charge is 0.343 e. The molecule has 110 valence electrons. The Morgan fingerprint density at radius 3 is 2.35 bits per heavy atom. The number of hydrogen-bond acceptors (Lipinski definition) is 1. The van der Waals surface area contributed by atoms with Crippen molar-refractivity contribution in [2.75, 3.05) is 13.1 Å². The van der Waals surface area contributed by atoms with Crippen molar-refractivity contribution < 1.29 is 4.79 Å². The lowest BCUT2D eigenvalue weighted by molar-refractivity contribution is -0.130. The number of rotatable bonds is 7. The number of carbonyl (C=O) groups is 1. The van der Waals surface area contributed by atoms with Crippen LogP contribution in [0.4, 0.5) is 0 Å². The van der Waals surface area contributed by atoms with Gasteiger partial charge in [0, 0.05) is 19.5 Å². The fraction of sp³-hybridized carbons (Fsp3) is 0.611. The summed E-state index contributed by atoms with van der Waals surface area (Å²) < 4.78 is 0. The SMILES string of the molecule is Cc1ccc(CCCCCCC(=O)N2CCCC2)cc1. The van der Waals surface area contributed by atoms with Gasteiger partial charge in [-0.3, -0.25) is 4.79 Å². The van der Waals surface area contributed by atoms with Gasteiger partial charge in [-0.2, -0.15) is 0 Å². The number of unbranched alkanes of at least 4 members (excludes halogenated alkanes) is 3. The summed E-state index contributed by atoms with van der Waals surface area (Å²) in [5, 5.41) is 0. The lowest BCUT2D eigenvalue weighted by Gasteiger charge is -2.14. The van der Waals surface area contributed by atoms with Crippen LogP contribution < -0.4 is 0 Å². The first-order valence-corrected chi connectivity index (χ1v) is 8.09. The Bertz CT molecular complexity index is 404. The van der Waals surface area contributed by atoms with Crippen LogP contribution in [0.15, 0.2) is 24.3 Å². The summed E-state index contributed by atoms with van der Waals surface area (Å²) in [4.78, 5) is 13.9. The third-order valence-corrected chi connectivity index (χ3v) is 4.19. The monoisotopic (exact) mass is 273 g/mol. The van der Waals surface area contributed by atoms with Gasteiger partial charge in [0.15, 0.2) is 0 Å². The van der Waals surface area contributed by atoms with E-state index in [1.165, 1.54) is 49.7 Å². The molecule has 0 unspecified atom stereocenters. The van der Waals surface area contributed by atoms with Gasteiger partial charge in [-0.15, -0.1) is 0 Å². The highest BCUT2D eigenvalue weighted by atomic mass is 16.2. The minimum Gasteiger partial charge on any atom is -0.343 e. The lowest BCUT2D eigenvalue weighted by atomic mass is 10.0. The Balaban J connectivity index is 1.51. The molecule has 2 rings (SSSR count). The lowest BCUT2D eigenvalue weighted by Crippen LogP contribution is -2.27. The van der Waals surface area contributed by atoms with Crippen molar-refractivity contribution in [2.45, 2.75) is 58.3 Å². The zero-order valence-corrected chi connectivity index (χ0v) is 12.7. The Labute approximate surface area is 123 Å². The van der Waals surface area contributed by atoms with Crippen LogP contribution in [0.1, 0.15) is 56.1 Å². The molecule has 0 spiro atoms. The average Bonchev–Trinajstić information content (AvgIpc) is 2.98. The van der Waals surface area contributed by atoms with E-state index in [9.17, 15) is 4.79 Å². The van der Waals surface area contributed by atoms with Crippen molar-refractivity contribution in [3.05, 3.63) is 35.4 Å². The zero-order valence-electron chi connectivity index (χ0n) is 12.7. The molecule has 1 heterocycles. The van der Waals surface area contributed by atoms with Crippen LogP contribution in [0.3, 0.4) is 0 Å². The van der Waals surface area contributed by atoms with Crippen molar-refractivity contribution in [3.63, 3.8) is 0 Å². The van der Waals surface area contributed by atoms with E-state index >= 15 is 0 Å². The number of benzene rings is 1. The molecule has 0 bridgehead atoms. The minimum atomic E-state index is 0.376. The van der Waals surface area contributed by atoms with E-state index in [4.69, 9.17) is 0 Å². The molecule has 0 aromatic heterocycles. The van der Waals surface area contributed by atoms with E-state index in [1.54, 1.807) is 0 Å². The third-order valence-electron chi connectivity index (χ3n) is 4.19. The van der Waals surface area contributed by atoms with Crippen molar-refractivity contribution in [3.8, 4) is 0 Å². The first kappa shape index (κ1) is 15.1. The van der Waals surface area contributed by atoms with Crippen LogP contribution in [0.2, 0.25) is 0 Å². The van der Waals surface area contributed by atoms with Gasteiger partial charge in [0.1, 0.15) is 0 Å². The van der Waals surface area contributed by atoms with Crippen LogP contribution >= 0.6 is 0 Å². The highest BCUT2D eigenvalue weighted by molar-refractivity contribution is 5.76.